The van der Waals surface area contributed by atoms with E-state index in [1.54, 1.807) is 0 Å². The molecule has 0 aliphatic heterocycles. The van der Waals surface area contributed by atoms with Gasteiger partial charge in [0.05, 0.1) is 0 Å². The fraction of sp³-hybridized carbons (Fsp3) is 0.125. The first-order valence-corrected chi connectivity index (χ1v) is 16.6. The van der Waals surface area contributed by atoms with Gasteiger partial charge in [-0.2, -0.15) is 0 Å². The van der Waals surface area contributed by atoms with Crippen molar-refractivity contribution in [2.24, 2.45) is 0 Å². The van der Waals surface area contributed by atoms with Gasteiger partial charge >= 0.3 is 26.2 Å². The van der Waals surface area contributed by atoms with Crippen LogP contribution < -0.4 is 24.8 Å². The van der Waals surface area contributed by atoms with Crippen LogP contribution >= 0.6 is 0 Å². The van der Waals surface area contributed by atoms with E-state index in [2.05, 4.69) is 147 Å². The van der Waals surface area contributed by atoms with E-state index in [1.807, 2.05) is 0 Å². The number of hydrogen-bond donors (Lipinski definition) is 0. The standard InChI is InChI=1S/C38H27.C2H6Si.2ClH.Zr/c1-2-24-21-36-32(35-22-25-11-3-5-13-27(25)29-15-7-8-16-31(29)35)18-10-20-33(36)38(24)34-19-9-17-30-28-14-6-4-12-26(28)23-37(30)34;1-3-2;;;/h3-23,38H,2H2,1H3;1-2H3;2*1H;/q-1;;;;+3/p-2. The predicted molar refractivity (Wildman–Crippen MR) is 182 cm³/mol. The molecule has 0 saturated carbocycles. The summed E-state index contributed by atoms with van der Waals surface area (Å²) >= 11 is 0. The minimum atomic E-state index is 0. The zero-order chi connectivity index (χ0) is 27.9. The Morgan fingerprint density at radius 1 is 0.614 bits per heavy atom. The topological polar surface area (TPSA) is 0 Å². The molecule has 3 radical (unpaired) electrons. The zero-order valence-electron chi connectivity index (χ0n) is 25.2. The fourth-order valence-electron chi connectivity index (χ4n) is 6.90. The second-order valence-corrected chi connectivity index (χ2v) is 12.0. The van der Waals surface area contributed by atoms with Crippen molar-refractivity contribution in [3.63, 3.8) is 0 Å². The molecule has 0 spiro atoms. The van der Waals surface area contributed by atoms with Gasteiger partial charge in [0.15, 0.2) is 0 Å². The summed E-state index contributed by atoms with van der Waals surface area (Å²) in [5.74, 6) is 0.280. The van der Waals surface area contributed by atoms with Crippen LogP contribution in [0.5, 0.6) is 0 Å². The first-order valence-electron chi connectivity index (χ1n) is 14.6. The van der Waals surface area contributed by atoms with Crippen molar-refractivity contribution >= 4 is 58.7 Å². The van der Waals surface area contributed by atoms with Crippen LogP contribution in [0.4, 0.5) is 0 Å². The van der Waals surface area contributed by atoms with Gasteiger partial charge in [0.1, 0.15) is 0 Å². The van der Waals surface area contributed by atoms with Crippen molar-refractivity contribution < 1.29 is 51.0 Å². The molecule has 8 rings (SSSR count). The van der Waals surface area contributed by atoms with Gasteiger partial charge in [-0.1, -0.05) is 140 Å². The van der Waals surface area contributed by atoms with E-state index in [0.29, 0.717) is 0 Å². The van der Waals surface area contributed by atoms with Gasteiger partial charge in [-0.15, -0.1) is 33.7 Å². The number of benzene rings is 6. The van der Waals surface area contributed by atoms with Crippen LogP contribution in [-0.2, 0) is 26.2 Å². The summed E-state index contributed by atoms with van der Waals surface area (Å²) in [6, 6.07) is 45.0. The number of halogens is 2. The molecule has 0 saturated heterocycles. The maximum atomic E-state index is 2.49. The van der Waals surface area contributed by atoms with Gasteiger partial charge in [-0.3, -0.25) is 0 Å². The average molecular weight is 704 g/mol. The van der Waals surface area contributed by atoms with E-state index in [0.717, 1.165) is 15.9 Å². The Balaban J connectivity index is 0.000000710. The van der Waals surface area contributed by atoms with E-state index in [-0.39, 0.29) is 56.9 Å². The summed E-state index contributed by atoms with van der Waals surface area (Å²) < 4.78 is 0. The van der Waals surface area contributed by atoms with Gasteiger partial charge in [0, 0.05) is 15.4 Å². The Hall–Kier alpha value is -2.87. The van der Waals surface area contributed by atoms with Gasteiger partial charge in [0.2, 0.25) is 0 Å². The van der Waals surface area contributed by atoms with Gasteiger partial charge in [-0.25, -0.2) is 0 Å². The van der Waals surface area contributed by atoms with Crippen molar-refractivity contribution in [3.8, 4) is 11.1 Å². The molecule has 0 heterocycles. The Kier molecular flexibility index (Phi) is 11.2. The summed E-state index contributed by atoms with van der Waals surface area (Å²) in [4.78, 5) is 0. The molecule has 1 aliphatic carbocycles. The van der Waals surface area contributed by atoms with Crippen molar-refractivity contribution in [3.05, 3.63) is 144 Å². The predicted octanol–water partition coefficient (Wildman–Crippen LogP) is 5.42. The van der Waals surface area contributed by atoms with Crippen LogP contribution in [0.25, 0.3) is 60.3 Å². The first kappa shape index (κ1) is 34.0. The van der Waals surface area contributed by atoms with Crippen molar-refractivity contribution in [2.45, 2.75) is 32.4 Å². The smallest absolute Gasteiger partial charge is 1.00 e. The summed E-state index contributed by atoms with van der Waals surface area (Å²) in [5, 5.41) is 10.7. The van der Waals surface area contributed by atoms with E-state index < -0.39 is 0 Å². The molecule has 1 unspecified atom stereocenters. The Morgan fingerprint density at radius 2 is 1.20 bits per heavy atom. The van der Waals surface area contributed by atoms with Crippen molar-refractivity contribution in [1.82, 2.24) is 0 Å². The molecule has 0 amide bonds. The number of fused-ring (bicyclic) bond motifs is 7. The molecule has 0 nitrogen and oxygen atoms in total. The van der Waals surface area contributed by atoms with Crippen LogP contribution in [0, 0.1) is 0 Å². The number of hydrogen-bond acceptors (Lipinski definition) is 0. The summed E-state index contributed by atoms with van der Waals surface area (Å²) in [6.07, 6.45) is 3.52. The van der Waals surface area contributed by atoms with Crippen LogP contribution in [0.1, 0.15) is 36.0 Å². The van der Waals surface area contributed by atoms with Crippen molar-refractivity contribution in [1.29, 1.82) is 0 Å². The average Bonchev–Trinajstić information content (AvgIpc) is 3.59. The molecule has 215 valence electrons. The van der Waals surface area contributed by atoms with Crippen LogP contribution in [-0.4, -0.2) is 9.52 Å². The van der Waals surface area contributed by atoms with Crippen LogP contribution in [0.2, 0.25) is 13.1 Å². The van der Waals surface area contributed by atoms with E-state index in [4.69, 9.17) is 0 Å². The van der Waals surface area contributed by atoms with Crippen LogP contribution in [0.15, 0.2) is 127 Å². The second kappa shape index (κ2) is 14.5. The molecule has 7 aromatic rings. The zero-order valence-corrected chi connectivity index (χ0v) is 30.1. The Labute approximate surface area is 294 Å². The third-order valence-corrected chi connectivity index (χ3v) is 8.62. The molecule has 0 fully saturated rings. The van der Waals surface area contributed by atoms with Gasteiger partial charge in [-0.05, 0) is 56.3 Å². The summed E-state index contributed by atoms with van der Waals surface area (Å²) in [7, 11) is 1.08. The monoisotopic (exact) mass is 701 g/mol. The molecule has 0 N–H and O–H groups in total. The molecule has 0 bridgehead atoms. The quantitative estimate of drug-likeness (QED) is 0.131. The fourth-order valence-corrected chi connectivity index (χ4v) is 6.90. The molecule has 4 heteroatoms. The van der Waals surface area contributed by atoms with E-state index in [1.165, 1.54) is 76.5 Å². The molecule has 44 heavy (non-hydrogen) atoms. The summed E-state index contributed by atoms with van der Waals surface area (Å²) in [5.41, 5.74) is 8.37. The van der Waals surface area contributed by atoms with E-state index in [9.17, 15) is 0 Å². The molecule has 1 aliphatic rings. The third kappa shape index (κ3) is 5.67. The number of allylic oxidation sites excluding steroid dienone is 1. The normalized spacial score (nSPS) is 13.3. The largest absolute Gasteiger partial charge is 3.00 e. The Morgan fingerprint density at radius 3 is 1.95 bits per heavy atom. The molecule has 7 aromatic carbocycles. The van der Waals surface area contributed by atoms with E-state index >= 15 is 0 Å². The molecule has 1 atom stereocenters. The molecular formula is C40H33Cl2SiZr. The first-order chi connectivity index (χ1) is 20.2. The maximum Gasteiger partial charge on any atom is 3.00 e. The number of rotatable bonds is 3. The third-order valence-electron chi connectivity index (χ3n) is 8.62. The van der Waals surface area contributed by atoms with Gasteiger partial charge < -0.3 is 24.8 Å². The SMILES string of the molecule is CCC1=Cc2c(-c3cc4ccccc4c4ccccc34)cccc2C1c1cccc2c1[cH-]c1ccccc12.C[Si]C.[Cl-].[Cl-].[Zr+3]. The van der Waals surface area contributed by atoms with Crippen LogP contribution in [0.3, 0.4) is 0 Å². The Bertz CT molecular complexity index is 2110. The molecule has 0 aromatic heterocycles. The second-order valence-electron chi connectivity index (χ2n) is 11.0. The van der Waals surface area contributed by atoms with Crippen molar-refractivity contribution in [2.75, 3.05) is 0 Å². The van der Waals surface area contributed by atoms with Gasteiger partial charge in [0.25, 0.3) is 0 Å². The molecular weight excluding hydrogens is 671 g/mol. The maximum absolute atomic E-state index is 2.49. The minimum absolute atomic E-state index is 0. The summed E-state index contributed by atoms with van der Waals surface area (Å²) in [6.45, 7) is 6.61. The minimum Gasteiger partial charge on any atom is -1.00 e.